The third-order valence-corrected chi connectivity index (χ3v) is 3.42. The topological polar surface area (TPSA) is 61.4 Å². The van der Waals surface area contributed by atoms with Crippen molar-refractivity contribution in [2.24, 2.45) is 0 Å². The van der Waals surface area contributed by atoms with Crippen LogP contribution in [0.4, 0.5) is 5.69 Å². The van der Waals surface area contributed by atoms with Gasteiger partial charge in [-0.25, -0.2) is 0 Å². The average molecular weight is 331 g/mol. The minimum Gasteiger partial charge on any atom is -0.872 e. The van der Waals surface area contributed by atoms with Gasteiger partial charge in [-0.05, 0) is 41.1 Å². The largest absolute Gasteiger partial charge is 1.00 e. The zero-order valence-electron chi connectivity index (χ0n) is 13.0. The Morgan fingerprint density at radius 3 is 2.43 bits per heavy atom. The third kappa shape index (κ3) is 4.13. The zero-order valence-corrected chi connectivity index (χ0v) is 16.1. The molecule has 1 amide bonds. The van der Waals surface area contributed by atoms with E-state index in [-0.39, 0.29) is 62.7 Å². The second-order valence-corrected chi connectivity index (χ2v) is 4.88. The number of nitrogens with one attached hydrogen (secondary N) is 1. The normalized spacial score (nSPS) is 9.96. The van der Waals surface area contributed by atoms with Crippen LogP contribution in [0.3, 0.4) is 0 Å². The van der Waals surface area contributed by atoms with Gasteiger partial charge in [0.1, 0.15) is 5.75 Å². The molecule has 3 aromatic carbocycles. The first-order valence-corrected chi connectivity index (χ1v) is 6.82. The molecule has 0 radical (unpaired) electrons. The van der Waals surface area contributed by atoms with E-state index < -0.39 is 5.91 Å². The van der Waals surface area contributed by atoms with Crippen LogP contribution in [-0.4, -0.2) is 13.0 Å². The summed E-state index contributed by atoms with van der Waals surface area (Å²) in [6.07, 6.45) is 0. The molecule has 0 unspecified atom stereocenters. The maximum absolute atomic E-state index is 12.3. The second kappa shape index (κ2) is 7.94. The van der Waals surface area contributed by atoms with Gasteiger partial charge >= 0.3 is 51.4 Å². The molecule has 0 atom stereocenters. The molecule has 0 saturated carbocycles. The molecule has 3 aromatic rings. The number of methoxy groups -OCH3 is 1. The van der Waals surface area contributed by atoms with Crippen LogP contribution in [-0.2, 0) is 0 Å². The maximum Gasteiger partial charge on any atom is 1.00 e. The van der Waals surface area contributed by atoms with E-state index in [4.69, 9.17) is 4.74 Å². The number of hydrogen-bond acceptors (Lipinski definition) is 3. The zero-order chi connectivity index (χ0) is 15.5. The molecule has 5 heteroatoms. The number of anilines is 1. The summed E-state index contributed by atoms with van der Waals surface area (Å²) in [5, 5.41) is 16.4. The van der Waals surface area contributed by atoms with Gasteiger partial charge in [0.25, 0.3) is 5.91 Å². The SMILES string of the molecule is COc1ccc2cc([O-])c(C(=O)Nc3ccccc3)cc2c1.[K+]. The Bertz CT molecular complexity index is 834. The number of benzene rings is 3. The summed E-state index contributed by atoms with van der Waals surface area (Å²) in [6.45, 7) is 0. The standard InChI is InChI=1S/C18H15NO3.K/c1-22-15-8-7-12-11-17(20)16(10-13(12)9-15)18(21)19-14-5-3-2-4-6-14;/h2-11,20H,1H3,(H,19,21);/q;+1/p-1. The van der Waals surface area contributed by atoms with Gasteiger partial charge < -0.3 is 15.2 Å². The minimum absolute atomic E-state index is 0. The van der Waals surface area contributed by atoms with Crippen molar-refractivity contribution < 1.29 is 66.0 Å². The van der Waals surface area contributed by atoms with Crippen LogP contribution < -0.4 is 66.5 Å². The Labute approximate surface area is 176 Å². The minimum atomic E-state index is -0.416. The molecule has 23 heavy (non-hydrogen) atoms. The van der Waals surface area contributed by atoms with E-state index in [0.29, 0.717) is 11.4 Å². The summed E-state index contributed by atoms with van der Waals surface area (Å²) in [4.78, 5) is 12.3. The predicted molar refractivity (Wildman–Crippen MR) is 84.3 cm³/mol. The molecule has 0 fully saturated rings. The Balaban J connectivity index is 0.00000192. The van der Waals surface area contributed by atoms with Gasteiger partial charge in [0, 0.05) is 11.3 Å². The van der Waals surface area contributed by atoms with Crippen molar-refractivity contribution in [1.82, 2.24) is 0 Å². The van der Waals surface area contributed by atoms with Crippen LogP contribution in [0, 0.1) is 0 Å². The summed E-state index contributed by atoms with van der Waals surface area (Å²) < 4.78 is 5.17. The van der Waals surface area contributed by atoms with Crippen molar-refractivity contribution in [2.45, 2.75) is 0 Å². The Kier molecular flexibility index (Phi) is 6.21. The molecule has 3 rings (SSSR count). The first-order chi connectivity index (χ1) is 10.7. The molecule has 0 aliphatic rings. The van der Waals surface area contributed by atoms with E-state index in [1.165, 1.54) is 6.07 Å². The van der Waals surface area contributed by atoms with E-state index in [2.05, 4.69) is 5.32 Å². The molecule has 0 aliphatic carbocycles. The van der Waals surface area contributed by atoms with Crippen LogP contribution >= 0.6 is 0 Å². The Hall–Kier alpha value is -1.37. The molecule has 110 valence electrons. The molecule has 0 aromatic heterocycles. The van der Waals surface area contributed by atoms with Crippen molar-refractivity contribution >= 4 is 22.4 Å². The number of carbonyl (C=O) groups excluding carboxylic acids is 1. The van der Waals surface area contributed by atoms with Gasteiger partial charge in [0.15, 0.2) is 0 Å². The maximum atomic E-state index is 12.3. The van der Waals surface area contributed by atoms with E-state index in [0.717, 1.165) is 10.8 Å². The first kappa shape index (κ1) is 18.0. The molecule has 4 nitrogen and oxygen atoms in total. The van der Waals surface area contributed by atoms with Crippen LogP contribution in [0.2, 0.25) is 0 Å². The van der Waals surface area contributed by atoms with Gasteiger partial charge in [-0.3, -0.25) is 4.79 Å². The van der Waals surface area contributed by atoms with E-state index >= 15 is 0 Å². The molecule has 0 aliphatic heterocycles. The van der Waals surface area contributed by atoms with Crippen LogP contribution in [0.25, 0.3) is 10.8 Å². The number of rotatable bonds is 3. The van der Waals surface area contributed by atoms with Crippen molar-refractivity contribution in [3.63, 3.8) is 0 Å². The Morgan fingerprint density at radius 2 is 1.74 bits per heavy atom. The second-order valence-electron chi connectivity index (χ2n) is 4.88. The van der Waals surface area contributed by atoms with Crippen molar-refractivity contribution in [2.75, 3.05) is 12.4 Å². The number of hydrogen-bond donors (Lipinski definition) is 1. The number of ether oxygens (including phenoxy) is 1. The van der Waals surface area contributed by atoms with E-state index in [9.17, 15) is 9.90 Å². The molecule has 0 saturated heterocycles. The van der Waals surface area contributed by atoms with Crippen molar-refractivity contribution in [1.29, 1.82) is 0 Å². The fourth-order valence-corrected chi connectivity index (χ4v) is 2.28. The summed E-state index contributed by atoms with van der Waals surface area (Å²) in [5.41, 5.74) is 0.766. The van der Waals surface area contributed by atoms with Gasteiger partial charge in [-0.15, -0.1) is 0 Å². The molecule has 0 spiro atoms. The van der Waals surface area contributed by atoms with Gasteiger partial charge in [0.05, 0.1) is 7.11 Å². The number of carbonyl (C=O) groups is 1. The van der Waals surface area contributed by atoms with Crippen LogP contribution in [0.15, 0.2) is 60.7 Å². The predicted octanol–water partition coefficient (Wildman–Crippen LogP) is 0.178. The fourth-order valence-electron chi connectivity index (χ4n) is 2.28. The van der Waals surface area contributed by atoms with Crippen LogP contribution in [0.1, 0.15) is 10.4 Å². The van der Waals surface area contributed by atoms with Gasteiger partial charge in [0.2, 0.25) is 0 Å². The van der Waals surface area contributed by atoms with Gasteiger partial charge in [-0.1, -0.05) is 36.1 Å². The smallest absolute Gasteiger partial charge is 0.872 e. The summed E-state index contributed by atoms with van der Waals surface area (Å²) in [7, 11) is 1.58. The number of para-hydroxylation sites is 1. The van der Waals surface area contributed by atoms with Crippen molar-refractivity contribution in [3.05, 3.63) is 66.2 Å². The van der Waals surface area contributed by atoms with E-state index in [1.807, 2.05) is 18.2 Å². The van der Waals surface area contributed by atoms with E-state index in [1.54, 1.807) is 43.5 Å². The summed E-state index contributed by atoms with van der Waals surface area (Å²) in [6, 6.07) is 17.5. The number of fused-ring (bicyclic) bond motifs is 1. The molecular weight excluding hydrogens is 317 g/mol. The molecule has 0 heterocycles. The van der Waals surface area contributed by atoms with Crippen LogP contribution in [0.5, 0.6) is 11.5 Å². The molecule has 1 N–H and O–H groups in total. The number of amides is 1. The molecule has 0 bridgehead atoms. The first-order valence-electron chi connectivity index (χ1n) is 6.82. The monoisotopic (exact) mass is 331 g/mol. The third-order valence-electron chi connectivity index (χ3n) is 3.42. The van der Waals surface area contributed by atoms with Crippen molar-refractivity contribution in [3.8, 4) is 11.5 Å². The Morgan fingerprint density at radius 1 is 1.00 bits per heavy atom. The summed E-state index contributed by atoms with van der Waals surface area (Å²) >= 11 is 0. The quantitative estimate of drug-likeness (QED) is 0.697. The average Bonchev–Trinajstić information content (AvgIpc) is 2.54. The summed E-state index contributed by atoms with van der Waals surface area (Å²) in [5.74, 6) is -0.0346. The van der Waals surface area contributed by atoms with Gasteiger partial charge in [-0.2, -0.15) is 0 Å². The molecular formula is C18H14KNO3. The fraction of sp³-hybridized carbons (Fsp3) is 0.0556.